The Morgan fingerprint density at radius 1 is 1.00 bits per heavy atom. The summed E-state index contributed by atoms with van der Waals surface area (Å²) in [5.74, 6) is 0.880. The smallest absolute Gasteiger partial charge is 0.120 e. The molecular formula is C22H33NO2. The summed E-state index contributed by atoms with van der Waals surface area (Å²) in [6.45, 7) is 5.96. The SMILES string of the molecule is CCCCCCNCC(O)CC(CC)Oc1ccc2ccccc2c1. The summed E-state index contributed by atoms with van der Waals surface area (Å²) in [5.41, 5.74) is 0. The van der Waals surface area contributed by atoms with E-state index in [2.05, 4.69) is 43.4 Å². The fraction of sp³-hybridized carbons (Fsp3) is 0.545. The van der Waals surface area contributed by atoms with Crippen molar-refractivity contribution in [3.8, 4) is 5.75 Å². The number of ether oxygens (including phenoxy) is 1. The third-order valence-corrected chi connectivity index (χ3v) is 4.60. The van der Waals surface area contributed by atoms with Gasteiger partial charge in [0.2, 0.25) is 0 Å². The zero-order valence-corrected chi connectivity index (χ0v) is 15.7. The fourth-order valence-electron chi connectivity index (χ4n) is 3.06. The van der Waals surface area contributed by atoms with Crippen molar-refractivity contribution in [3.63, 3.8) is 0 Å². The lowest BCUT2D eigenvalue weighted by molar-refractivity contribution is 0.0917. The van der Waals surface area contributed by atoms with Crippen molar-refractivity contribution < 1.29 is 9.84 Å². The van der Waals surface area contributed by atoms with Crippen LogP contribution < -0.4 is 10.1 Å². The number of nitrogens with one attached hydrogen (secondary N) is 1. The molecular weight excluding hydrogens is 310 g/mol. The molecule has 2 unspecified atom stereocenters. The molecule has 2 aromatic rings. The second kappa shape index (κ2) is 11.1. The Labute approximate surface area is 152 Å². The quantitative estimate of drug-likeness (QED) is 0.538. The van der Waals surface area contributed by atoms with Crippen molar-refractivity contribution in [1.29, 1.82) is 0 Å². The first-order valence-corrected chi connectivity index (χ1v) is 9.77. The van der Waals surface area contributed by atoms with E-state index in [0.29, 0.717) is 13.0 Å². The minimum Gasteiger partial charge on any atom is -0.490 e. The van der Waals surface area contributed by atoms with E-state index in [1.165, 1.54) is 36.5 Å². The first-order chi connectivity index (χ1) is 12.2. The molecule has 3 heteroatoms. The van der Waals surface area contributed by atoms with Gasteiger partial charge in [0.15, 0.2) is 0 Å². The number of fused-ring (bicyclic) bond motifs is 1. The summed E-state index contributed by atoms with van der Waals surface area (Å²) in [7, 11) is 0. The molecule has 0 amide bonds. The minimum atomic E-state index is -0.364. The Morgan fingerprint density at radius 3 is 2.56 bits per heavy atom. The van der Waals surface area contributed by atoms with Gasteiger partial charge in [-0.1, -0.05) is 63.4 Å². The molecule has 0 aromatic heterocycles. The van der Waals surface area contributed by atoms with E-state index in [9.17, 15) is 5.11 Å². The standard InChI is InChI=1S/C22H33NO2/c1-3-5-6-9-14-23-17-20(24)16-21(4-2)25-22-13-12-18-10-7-8-11-19(18)15-22/h7-8,10-13,15,20-21,23-24H,3-6,9,14,16-17H2,1-2H3. The lowest BCUT2D eigenvalue weighted by atomic mass is 10.1. The van der Waals surface area contributed by atoms with Crippen molar-refractivity contribution >= 4 is 10.8 Å². The van der Waals surface area contributed by atoms with Gasteiger partial charge < -0.3 is 15.2 Å². The van der Waals surface area contributed by atoms with Crippen LogP contribution in [0.2, 0.25) is 0 Å². The highest BCUT2D eigenvalue weighted by Crippen LogP contribution is 2.23. The van der Waals surface area contributed by atoms with Crippen LogP contribution in [-0.4, -0.2) is 30.4 Å². The van der Waals surface area contributed by atoms with Gasteiger partial charge in [-0.2, -0.15) is 0 Å². The Bertz CT molecular complexity index is 614. The average Bonchev–Trinajstić information content (AvgIpc) is 2.64. The summed E-state index contributed by atoms with van der Waals surface area (Å²) in [4.78, 5) is 0. The largest absolute Gasteiger partial charge is 0.490 e. The first-order valence-electron chi connectivity index (χ1n) is 9.77. The van der Waals surface area contributed by atoms with E-state index >= 15 is 0 Å². The molecule has 0 spiro atoms. The van der Waals surface area contributed by atoms with Crippen LogP contribution in [0, 0.1) is 0 Å². The van der Waals surface area contributed by atoms with Crippen LogP contribution in [0.5, 0.6) is 5.75 Å². The molecule has 0 aliphatic rings. The number of aliphatic hydroxyl groups is 1. The van der Waals surface area contributed by atoms with Crippen LogP contribution in [0.4, 0.5) is 0 Å². The van der Waals surface area contributed by atoms with Crippen LogP contribution in [0.15, 0.2) is 42.5 Å². The second-order valence-corrected chi connectivity index (χ2v) is 6.81. The molecule has 0 fully saturated rings. The van der Waals surface area contributed by atoms with E-state index in [1.54, 1.807) is 0 Å². The second-order valence-electron chi connectivity index (χ2n) is 6.81. The zero-order valence-electron chi connectivity index (χ0n) is 15.7. The van der Waals surface area contributed by atoms with Crippen molar-refractivity contribution in [2.45, 2.75) is 64.6 Å². The van der Waals surface area contributed by atoms with Gasteiger partial charge in [0.1, 0.15) is 11.9 Å². The van der Waals surface area contributed by atoms with Crippen LogP contribution in [0.25, 0.3) is 10.8 Å². The minimum absolute atomic E-state index is 0.0399. The lowest BCUT2D eigenvalue weighted by Gasteiger charge is -2.21. The molecule has 2 aromatic carbocycles. The summed E-state index contributed by atoms with van der Waals surface area (Å²) in [5, 5.41) is 16.0. The summed E-state index contributed by atoms with van der Waals surface area (Å²) in [6, 6.07) is 14.5. The van der Waals surface area contributed by atoms with E-state index in [0.717, 1.165) is 18.7 Å². The van der Waals surface area contributed by atoms with E-state index in [4.69, 9.17) is 4.74 Å². The maximum atomic E-state index is 10.3. The molecule has 0 aliphatic carbocycles. The summed E-state index contributed by atoms with van der Waals surface area (Å²) < 4.78 is 6.11. The number of rotatable bonds is 12. The van der Waals surface area contributed by atoms with Gasteiger partial charge in [-0.05, 0) is 42.3 Å². The predicted octanol–water partition coefficient (Wildman–Crippen LogP) is 4.92. The number of benzene rings is 2. The van der Waals surface area contributed by atoms with Crippen molar-refractivity contribution in [2.75, 3.05) is 13.1 Å². The Kier molecular flexibility index (Phi) is 8.78. The predicted molar refractivity (Wildman–Crippen MR) is 106 cm³/mol. The number of unbranched alkanes of at least 4 members (excludes halogenated alkanes) is 3. The highest BCUT2D eigenvalue weighted by Gasteiger charge is 2.14. The maximum absolute atomic E-state index is 10.3. The third kappa shape index (κ3) is 7.05. The van der Waals surface area contributed by atoms with E-state index in [-0.39, 0.29) is 12.2 Å². The van der Waals surface area contributed by atoms with Crippen molar-refractivity contribution in [2.24, 2.45) is 0 Å². The normalized spacial score (nSPS) is 13.7. The number of hydrogen-bond donors (Lipinski definition) is 2. The number of aliphatic hydroxyl groups excluding tert-OH is 1. The fourth-order valence-corrected chi connectivity index (χ4v) is 3.06. The van der Waals surface area contributed by atoms with Gasteiger partial charge in [0.25, 0.3) is 0 Å². The zero-order chi connectivity index (χ0) is 17.9. The van der Waals surface area contributed by atoms with Crippen LogP contribution >= 0.6 is 0 Å². The first kappa shape index (κ1) is 19.7. The Morgan fingerprint density at radius 2 is 1.80 bits per heavy atom. The summed E-state index contributed by atoms with van der Waals surface area (Å²) >= 11 is 0. The molecule has 138 valence electrons. The number of hydrogen-bond acceptors (Lipinski definition) is 3. The molecule has 0 saturated carbocycles. The average molecular weight is 344 g/mol. The van der Waals surface area contributed by atoms with Crippen molar-refractivity contribution in [3.05, 3.63) is 42.5 Å². The highest BCUT2D eigenvalue weighted by molar-refractivity contribution is 5.83. The Balaban J connectivity index is 1.76. The molecule has 0 saturated heterocycles. The molecule has 2 N–H and O–H groups in total. The molecule has 25 heavy (non-hydrogen) atoms. The van der Waals surface area contributed by atoms with Gasteiger partial charge in [0, 0.05) is 13.0 Å². The topological polar surface area (TPSA) is 41.5 Å². The van der Waals surface area contributed by atoms with Gasteiger partial charge >= 0.3 is 0 Å². The summed E-state index contributed by atoms with van der Waals surface area (Å²) in [6.07, 6.45) is 6.23. The van der Waals surface area contributed by atoms with Gasteiger partial charge in [-0.15, -0.1) is 0 Å². The third-order valence-electron chi connectivity index (χ3n) is 4.60. The van der Waals surface area contributed by atoms with E-state index < -0.39 is 0 Å². The Hall–Kier alpha value is -1.58. The van der Waals surface area contributed by atoms with Crippen molar-refractivity contribution in [1.82, 2.24) is 5.32 Å². The molecule has 0 heterocycles. The van der Waals surface area contributed by atoms with Crippen LogP contribution in [0.1, 0.15) is 52.4 Å². The van der Waals surface area contributed by atoms with E-state index in [1.807, 2.05) is 18.2 Å². The van der Waals surface area contributed by atoms with Gasteiger partial charge in [0.05, 0.1) is 6.10 Å². The maximum Gasteiger partial charge on any atom is 0.120 e. The lowest BCUT2D eigenvalue weighted by Crippen LogP contribution is -2.32. The molecule has 2 atom stereocenters. The molecule has 3 nitrogen and oxygen atoms in total. The van der Waals surface area contributed by atoms with Crippen LogP contribution in [0.3, 0.4) is 0 Å². The molecule has 0 radical (unpaired) electrons. The van der Waals surface area contributed by atoms with Crippen LogP contribution in [-0.2, 0) is 0 Å². The highest BCUT2D eigenvalue weighted by atomic mass is 16.5. The van der Waals surface area contributed by atoms with Gasteiger partial charge in [-0.3, -0.25) is 0 Å². The molecule has 0 aliphatic heterocycles. The van der Waals surface area contributed by atoms with Gasteiger partial charge in [-0.25, -0.2) is 0 Å². The monoisotopic (exact) mass is 343 g/mol. The molecule has 2 rings (SSSR count). The molecule has 0 bridgehead atoms.